The number of hydrogen-bond acceptors (Lipinski definition) is 5. The number of ether oxygens (including phenoxy) is 3. The monoisotopic (exact) mass is 298 g/mol. The van der Waals surface area contributed by atoms with Crippen LogP contribution in [0.4, 0.5) is 0 Å². The molecule has 0 atom stereocenters. The smallest absolute Gasteiger partial charge is 0.203 e. The van der Waals surface area contributed by atoms with Gasteiger partial charge in [0.2, 0.25) is 5.75 Å². The minimum absolute atomic E-state index is 0.349. The minimum Gasteiger partial charge on any atom is -0.493 e. The first-order chi connectivity index (χ1) is 10.7. The second-order valence-electron chi connectivity index (χ2n) is 4.66. The molecule has 0 saturated carbocycles. The van der Waals surface area contributed by atoms with E-state index in [0.717, 1.165) is 22.5 Å². The molecule has 0 fully saturated rings. The average Bonchev–Trinajstić information content (AvgIpc) is 2.55. The van der Waals surface area contributed by atoms with E-state index in [4.69, 9.17) is 19.5 Å². The van der Waals surface area contributed by atoms with E-state index in [9.17, 15) is 0 Å². The highest BCUT2D eigenvalue weighted by Gasteiger charge is 2.18. The number of hydrogen-bond donors (Lipinski definition) is 0. The lowest BCUT2D eigenvalue weighted by Gasteiger charge is -2.16. The van der Waals surface area contributed by atoms with Crippen LogP contribution in [0.2, 0.25) is 0 Å². The highest BCUT2D eigenvalue weighted by Crippen LogP contribution is 2.43. The van der Waals surface area contributed by atoms with Crippen molar-refractivity contribution in [2.45, 2.75) is 13.3 Å². The summed E-state index contributed by atoms with van der Waals surface area (Å²) >= 11 is 0. The van der Waals surface area contributed by atoms with E-state index in [2.05, 4.69) is 11.1 Å². The quantitative estimate of drug-likeness (QED) is 0.848. The molecule has 5 heteroatoms. The van der Waals surface area contributed by atoms with Gasteiger partial charge in [-0.15, -0.1) is 0 Å². The SMILES string of the molecule is COc1ccc(-c2ccc(CC#N)c(C)n2)c(OC)c1OC. The van der Waals surface area contributed by atoms with Crippen LogP contribution in [0.25, 0.3) is 11.3 Å². The molecule has 0 aliphatic carbocycles. The van der Waals surface area contributed by atoms with Crippen LogP contribution < -0.4 is 14.2 Å². The van der Waals surface area contributed by atoms with Crippen molar-refractivity contribution in [1.29, 1.82) is 5.26 Å². The van der Waals surface area contributed by atoms with Gasteiger partial charge in [0.05, 0.1) is 39.5 Å². The largest absolute Gasteiger partial charge is 0.493 e. The zero-order chi connectivity index (χ0) is 16.1. The molecular weight excluding hydrogens is 280 g/mol. The van der Waals surface area contributed by atoms with Crippen LogP contribution in [0.15, 0.2) is 24.3 Å². The van der Waals surface area contributed by atoms with Gasteiger partial charge in [-0.05, 0) is 30.7 Å². The van der Waals surface area contributed by atoms with Crippen molar-refractivity contribution < 1.29 is 14.2 Å². The van der Waals surface area contributed by atoms with E-state index in [0.29, 0.717) is 23.7 Å². The molecular formula is C17H18N2O3. The van der Waals surface area contributed by atoms with Crippen molar-refractivity contribution in [2.75, 3.05) is 21.3 Å². The lowest BCUT2D eigenvalue weighted by Crippen LogP contribution is -1.99. The summed E-state index contributed by atoms with van der Waals surface area (Å²) in [5.41, 5.74) is 3.32. The highest BCUT2D eigenvalue weighted by atomic mass is 16.5. The fourth-order valence-corrected chi connectivity index (χ4v) is 2.31. The van der Waals surface area contributed by atoms with Crippen molar-refractivity contribution >= 4 is 0 Å². The van der Waals surface area contributed by atoms with Crippen molar-refractivity contribution in [2.24, 2.45) is 0 Å². The molecule has 1 aromatic heterocycles. The third-order valence-corrected chi connectivity index (χ3v) is 3.44. The Hall–Kier alpha value is -2.74. The normalized spacial score (nSPS) is 9.95. The maximum absolute atomic E-state index is 8.81. The Labute approximate surface area is 130 Å². The van der Waals surface area contributed by atoms with E-state index in [1.165, 1.54) is 0 Å². The number of methoxy groups -OCH3 is 3. The summed E-state index contributed by atoms with van der Waals surface area (Å²) in [7, 11) is 4.73. The van der Waals surface area contributed by atoms with Crippen molar-refractivity contribution in [3.05, 3.63) is 35.5 Å². The van der Waals surface area contributed by atoms with E-state index < -0.39 is 0 Å². The number of pyridine rings is 1. The Morgan fingerprint density at radius 1 is 1.00 bits per heavy atom. The summed E-state index contributed by atoms with van der Waals surface area (Å²) in [6, 6.07) is 9.63. The van der Waals surface area contributed by atoms with Gasteiger partial charge in [-0.1, -0.05) is 6.07 Å². The first kappa shape index (κ1) is 15.6. The van der Waals surface area contributed by atoms with Crippen LogP contribution in [0.1, 0.15) is 11.3 Å². The molecule has 0 amide bonds. The van der Waals surface area contributed by atoms with Gasteiger partial charge in [-0.25, -0.2) is 0 Å². The lowest BCUT2D eigenvalue weighted by atomic mass is 10.1. The maximum Gasteiger partial charge on any atom is 0.203 e. The number of rotatable bonds is 5. The van der Waals surface area contributed by atoms with Gasteiger partial charge >= 0.3 is 0 Å². The van der Waals surface area contributed by atoms with Gasteiger partial charge in [-0.2, -0.15) is 5.26 Å². The van der Waals surface area contributed by atoms with E-state index in [1.807, 2.05) is 31.2 Å². The second kappa shape index (κ2) is 6.81. The lowest BCUT2D eigenvalue weighted by molar-refractivity contribution is 0.325. The summed E-state index contributed by atoms with van der Waals surface area (Å²) in [5, 5.41) is 8.81. The van der Waals surface area contributed by atoms with Crippen LogP contribution >= 0.6 is 0 Å². The second-order valence-corrected chi connectivity index (χ2v) is 4.66. The summed E-state index contributed by atoms with van der Waals surface area (Å²) in [6.45, 7) is 1.89. The first-order valence-corrected chi connectivity index (χ1v) is 6.79. The van der Waals surface area contributed by atoms with E-state index in [-0.39, 0.29) is 0 Å². The topological polar surface area (TPSA) is 64.4 Å². The van der Waals surface area contributed by atoms with Crippen LogP contribution in [0.5, 0.6) is 17.2 Å². The average molecular weight is 298 g/mol. The molecule has 2 rings (SSSR count). The zero-order valence-corrected chi connectivity index (χ0v) is 13.1. The van der Waals surface area contributed by atoms with Crippen molar-refractivity contribution in [3.63, 3.8) is 0 Å². The Balaban J connectivity index is 2.58. The van der Waals surface area contributed by atoms with Gasteiger partial charge in [0.15, 0.2) is 11.5 Å². The summed E-state index contributed by atoms with van der Waals surface area (Å²) in [4.78, 5) is 4.57. The first-order valence-electron chi connectivity index (χ1n) is 6.79. The predicted octanol–water partition coefficient (Wildman–Crippen LogP) is 3.15. The number of nitrogens with zero attached hydrogens (tertiary/aromatic N) is 2. The van der Waals surface area contributed by atoms with Crippen LogP contribution in [-0.2, 0) is 6.42 Å². The Kier molecular flexibility index (Phi) is 4.84. The van der Waals surface area contributed by atoms with Crippen LogP contribution in [0.3, 0.4) is 0 Å². The van der Waals surface area contributed by atoms with Crippen LogP contribution in [-0.4, -0.2) is 26.3 Å². The summed E-state index contributed by atoms with van der Waals surface area (Å²) in [5.74, 6) is 1.70. The molecule has 1 heterocycles. The highest BCUT2D eigenvalue weighted by molar-refractivity contribution is 5.74. The molecule has 0 bridgehead atoms. The van der Waals surface area contributed by atoms with Crippen molar-refractivity contribution in [1.82, 2.24) is 4.98 Å². The fourth-order valence-electron chi connectivity index (χ4n) is 2.31. The number of benzene rings is 1. The van der Waals surface area contributed by atoms with E-state index >= 15 is 0 Å². The summed E-state index contributed by atoms with van der Waals surface area (Å²) in [6.07, 6.45) is 0.349. The molecule has 2 aromatic rings. The van der Waals surface area contributed by atoms with E-state index in [1.54, 1.807) is 21.3 Å². The Morgan fingerprint density at radius 2 is 1.73 bits per heavy atom. The third-order valence-electron chi connectivity index (χ3n) is 3.44. The molecule has 0 aliphatic heterocycles. The molecule has 0 radical (unpaired) electrons. The number of nitriles is 1. The molecule has 114 valence electrons. The third kappa shape index (κ3) is 2.82. The van der Waals surface area contributed by atoms with Gasteiger partial charge in [0, 0.05) is 11.3 Å². The molecule has 1 aromatic carbocycles. The zero-order valence-electron chi connectivity index (χ0n) is 13.1. The van der Waals surface area contributed by atoms with Crippen molar-refractivity contribution in [3.8, 4) is 34.6 Å². The number of aromatic nitrogens is 1. The molecule has 0 unspecified atom stereocenters. The standard InChI is InChI=1S/C17H18N2O3/c1-11-12(9-10-18)5-7-14(19-11)13-6-8-15(20-2)17(22-4)16(13)21-3/h5-8H,9H2,1-4H3. The van der Waals surface area contributed by atoms with Gasteiger partial charge in [0.1, 0.15) is 0 Å². The molecule has 0 N–H and O–H groups in total. The Morgan fingerprint density at radius 3 is 2.27 bits per heavy atom. The van der Waals surface area contributed by atoms with Gasteiger partial charge in [0.25, 0.3) is 0 Å². The molecule has 5 nitrogen and oxygen atoms in total. The minimum atomic E-state index is 0.349. The number of aryl methyl sites for hydroxylation is 1. The summed E-state index contributed by atoms with van der Waals surface area (Å²) < 4.78 is 16.2. The molecule has 22 heavy (non-hydrogen) atoms. The Bertz CT molecular complexity index is 721. The molecule has 0 aliphatic rings. The van der Waals surface area contributed by atoms with Gasteiger partial charge < -0.3 is 14.2 Å². The predicted molar refractivity (Wildman–Crippen MR) is 83.4 cm³/mol. The molecule has 0 saturated heterocycles. The maximum atomic E-state index is 8.81. The fraction of sp³-hybridized carbons (Fsp3) is 0.294. The van der Waals surface area contributed by atoms with Crippen LogP contribution in [0, 0.1) is 18.3 Å². The van der Waals surface area contributed by atoms with Gasteiger partial charge in [-0.3, -0.25) is 4.98 Å². The molecule has 0 spiro atoms.